The maximum absolute atomic E-state index is 12.8. The summed E-state index contributed by atoms with van der Waals surface area (Å²) in [5.74, 6) is -0.506. The van der Waals surface area contributed by atoms with Gasteiger partial charge in [0.2, 0.25) is 5.91 Å². The molecule has 24 heavy (non-hydrogen) atoms. The lowest BCUT2D eigenvalue weighted by Crippen LogP contribution is -2.44. The second-order valence-corrected chi connectivity index (χ2v) is 6.92. The number of amides is 2. The molecule has 1 aliphatic rings. The first-order valence-electron chi connectivity index (χ1n) is 7.87. The molecule has 0 aliphatic heterocycles. The van der Waals surface area contributed by atoms with E-state index in [1.165, 1.54) is 24.3 Å². The van der Waals surface area contributed by atoms with Crippen molar-refractivity contribution in [1.82, 2.24) is 5.32 Å². The molecule has 0 aromatic heterocycles. The summed E-state index contributed by atoms with van der Waals surface area (Å²) in [7, 11) is 0. The van der Waals surface area contributed by atoms with Crippen LogP contribution in [0.2, 0.25) is 0 Å². The van der Waals surface area contributed by atoms with Gasteiger partial charge in [0.05, 0.1) is 6.04 Å². The predicted molar refractivity (Wildman–Crippen MR) is 90.1 cm³/mol. The normalized spacial score (nSPS) is 17.1. The molecule has 1 aromatic rings. The zero-order valence-corrected chi connectivity index (χ0v) is 14.4. The van der Waals surface area contributed by atoms with Crippen LogP contribution in [-0.4, -0.2) is 23.6 Å². The molecule has 1 atom stereocenters. The first-order chi connectivity index (χ1) is 11.1. The Kier molecular flexibility index (Phi) is 5.26. The topological polar surface area (TPSA) is 67.4 Å². The molecule has 2 amide bonds. The molecule has 1 unspecified atom stereocenters. The van der Waals surface area contributed by atoms with Crippen molar-refractivity contribution in [3.8, 4) is 0 Å². The molecule has 0 bridgehead atoms. The number of anilines is 1. The molecule has 0 spiro atoms. The zero-order valence-electron chi connectivity index (χ0n) is 14.4. The number of halogens is 1. The zero-order chi connectivity index (χ0) is 17.9. The van der Waals surface area contributed by atoms with E-state index >= 15 is 0 Å². The van der Waals surface area contributed by atoms with E-state index in [1.54, 1.807) is 20.8 Å². The van der Waals surface area contributed by atoms with E-state index in [4.69, 9.17) is 4.74 Å². The maximum atomic E-state index is 12.8. The van der Waals surface area contributed by atoms with Crippen LogP contribution >= 0.6 is 0 Å². The largest absolute Gasteiger partial charge is 0.444 e. The van der Waals surface area contributed by atoms with E-state index < -0.39 is 11.7 Å². The third-order valence-electron chi connectivity index (χ3n) is 3.72. The van der Waals surface area contributed by atoms with Crippen molar-refractivity contribution < 1.29 is 18.7 Å². The SMILES string of the molecule is CC1=C(CC(=O)Nc2ccc(F)cc2)CC1NC(=O)OC(C)(C)C. The van der Waals surface area contributed by atoms with E-state index in [0.29, 0.717) is 12.1 Å². The summed E-state index contributed by atoms with van der Waals surface area (Å²) < 4.78 is 18.0. The number of nitrogens with one attached hydrogen (secondary N) is 2. The molecule has 0 saturated heterocycles. The summed E-state index contributed by atoms with van der Waals surface area (Å²) in [6, 6.07) is 5.53. The highest BCUT2D eigenvalue weighted by atomic mass is 19.1. The molecule has 0 radical (unpaired) electrons. The van der Waals surface area contributed by atoms with Crippen molar-refractivity contribution in [3.63, 3.8) is 0 Å². The van der Waals surface area contributed by atoms with Gasteiger partial charge in [-0.1, -0.05) is 11.1 Å². The highest BCUT2D eigenvalue weighted by Gasteiger charge is 2.30. The van der Waals surface area contributed by atoms with Gasteiger partial charge in [0, 0.05) is 12.1 Å². The fraction of sp³-hybridized carbons (Fsp3) is 0.444. The van der Waals surface area contributed by atoms with Gasteiger partial charge in [-0.2, -0.15) is 0 Å². The van der Waals surface area contributed by atoms with Crippen molar-refractivity contribution in [2.24, 2.45) is 0 Å². The standard InChI is InChI=1S/C18H23FN2O3/c1-11-12(9-15(11)21-17(23)24-18(2,3)4)10-16(22)20-14-7-5-13(19)6-8-14/h5-8,15H,9-10H2,1-4H3,(H,20,22)(H,21,23). The summed E-state index contributed by atoms with van der Waals surface area (Å²) in [4.78, 5) is 23.8. The van der Waals surface area contributed by atoms with Gasteiger partial charge in [-0.3, -0.25) is 4.79 Å². The van der Waals surface area contributed by atoms with Crippen molar-refractivity contribution in [3.05, 3.63) is 41.2 Å². The summed E-state index contributed by atoms with van der Waals surface area (Å²) in [5.41, 5.74) is 2.00. The van der Waals surface area contributed by atoms with Crippen LogP contribution in [0.1, 0.15) is 40.5 Å². The third-order valence-corrected chi connectivity index (χ3v) is 3.72. The number of carbonyl (C=O) groups excluding carboxylic acids is 2. The minimum absolute atomic E-state index is 0.0894. The van der Waals surface area contributed by atoms with Crippen molar-refractivity contribution in [2.45, 2.75) is 52.2 Å². The lowest BCUT2D eigenvalue weighted by atomic mass is 9.82. The molecule has 0 heterocycles. The van der Waals surface area contributed by atoms with Gasteiger partial charge >= 0.3 is 6.09 Å². The lowest BCUT2D eigenvalue weighted by molar-refractivity contribution is -0.115. The second-order valence-electron chi connectivity index (χ2n) is 6.92. The number of alkyl carbamates (subject to hydrolysis) is 1. The van der Waals surface area contributed by atoms with Gasteiger partial charge in [0.25, 0.3) is 0 Å². The Bertz CT molecular complexity index is 660. The third kappa shape index (κ3) is 5.08. The minimum atomic E-state index is -0.538. The second kappa shape index (κ2) is 7.03. The number of rotatable bonds is 4. The molecule has 1 aliphatic carbocycles. The van der Waals surface area contributed by atoms with Crippen LogP contribution in [0.25, 0.3) is 0 Å². The Morgan fingerprint density at radius 1 is 1.25 bits per heavy atom. The van der Waals surface area contributed by atoms with Crippen LogP contribution in [0.15, 0.2) is 35.4 Å². The lowest BCUT2D eigenvalue weighted by Gasteiger charge is -2.33. The van der Waals surface area contributed by atoms with Crippen molar-refractivity contribution in [2.75, 3.05) is 5.32 Å². The van der Waals surface area contributed by atoms with E-state index in [-0.39, 0.29) is 24.2 Å². The molecular formula is C18H23FN2O3. The van der Waals surface area contributed by atoms with Gasteiger partial charge in [-0.05, 0) is 58.4 Å². The van der Waals surface area contributed by atoms with Gasteiger partial charge in [-0.15, -0.1) is 0 Å². The first-order valence-corrected chi connectivity index (χ1v) is 7.87. The molecule has 2 rings (SSSR count). The highest BCUT2D eigenvalue weighted by Crippen LogP contribution is 2.31. The average molecular weight is 334 g/mol. The Balaban J connectivity index is 1.83. The molecule has 130 valence electrons. The Labute approximate surface area is 141 Å². The average Bonchev–Trinajstić information content (AvgIpc) is 2.46. The molecule has 1 aromatic carbocycles. The molecular weight excluding hydrogens is 311 g/mol. The van der Waals surface area contributed by atoms with E-state index in [1.807, 2.05) is 6.92 Å². The van der Waals surface area contributed by atoms with E-state index in [2.05, 4.69) is 10.6 Å². The van der Waals surface area contributed by atoms with Crippen LogP contribution in [0.3, 0.4) is 0 Å². The quantitative estimate of drug-likeness (QED) is 0.824. The van der Waals surface area contributed by atoms with E-state index in [0.717, 1.165) is 11.1 Å². The summed E-state index contributed by atoms with van der Waals surface area (Å²) in [5, 5.41) is 5.51. The number of hydrogen-bond donors (Lipinski definition) is 2. The fourth-order valence-corrected chi connectivity index (χ4v) is 2.43. The monoisotopic (exact) mass is 334 g/mol. The van der Waals surface area contributed by atoms with Gasteiger partial charge in [-0.25, -0.2) is 9.18 Å². The molecule has 0 fully saturated rings. The number of carbonyl (C=O) groups is 2. The fourth-order valence-electron chi connectivity index (χ4n) is 2.43. The predicted octanol–water partition coefficient (Wildman–Crippen LogP) is 3.77. The molecule has 6 heteroatoms. The Morgan fingerprint density at radius 2 is 1.88 bits per heavy atom. The number of benzene rings is 1. The van der Waals surface area contributed by atoms with Gasteiger partial charge in [0.1, 0.15) is 11.4 Å². The van der Waals surface area contributed by atoms with E-state index in [9.17, 15) is 14.0 Å². The van der Waals surface area contributed by atoms with Crippen LogP contribution in [0, 0.1) is 5.82 Å². The minimum Gasteiger partial charge on any atom is -0.444 e. The number of hydrogen-bond acceptors (Lipinski definition) is 3. The summed E-state index contributed by atoms with van der Waals surface area (Å²) in [6.07, 6.45) is 0.430. The maximum Gasteiger partial charge on any atom is 0.408 e. The highest BCUT2D eigenvalue weighted by molar-refractivity contribution is 5.92. The Hall–Kier alpha value is -2.37. The van der Waals surface area contributed by atoms with Crippen LogP contribution in [0.4, 0.5) is 14.9 Å². The molecule has 5 nitrogen and oxygen atoms in total. The van der Waals surface area contributed by atoms with Crippen molar-refractivity contribution >= 4 is 17.7 Å². The van der Waals surface area contributed by atoms with Gasteiger partial charge < -0.3 is 15.4 Å². The smallest absolute Gasteiger partial charge is 0.408 e. The summed E-state index contributed by atoms with van der Waals surface area (Å²) in [6.45, 7) is 7.32. The summed E-state index contributed by atoms with van der Waals surface area (Å²) >= 11 is 0. The van der Waals surface area contributed by atoms with Crippen LogP contribution in [-0.2, 0) is 9.53 Å². The van der Waals surface area contributed by atoms with Gasteiger partial charge in [0.15, 0.2) is 0 Å². The van der Waals surface area contributed by atoms with Crippen LogP contribution in [0.5, 0.6) is 0 Å². The number of ether oxygens (including phenoxy) is 1. The first kappa shape index (κ1) is 18.0. The van der Waals surface area contributed by atoms with Crippen molar-refractivity contribution in [1.29, 1.82) is 0 Å². The molecule has 2 N–H and O–H groups in total. The Morgan fingerprint density at radius 3 is 2.42 bits per heavy atom. The van der Waals surface area contributed by atoms with Crippen LogP contribution < -0.4 is 10.6 Å². The molecule has 0 saturated carbocycles.